The number of pyridine rings is 1. The normalized spacial score (nSPS) is 17.1. The summed E-state index contributed by atoms with van der Waals surface area (Å²) in [5.41, 5.74) is 4.97. The number of nitrogens with zero attached hydrogens (tertiary/aromatic N) is 2. The van der Waals surface area contributed by atoms with Crippen LogP contribution in [0.1, 0.15) is 142 Å². The van der Waals surface area contributed by atoms with Crippen LogP contribution in [0, 0.1) is 5.92 Å². The van der Waals surface area contributed by atoms with E-state index < -0.39 is 198 Å². The number of carbonyl (C=O) groups is 18. The van der Waals surface area contributed by atoms with Crippen LogP contribution in [0.25, 0.3) is 10.8 Å². The summed E-state index contributed by atoms with van der Waals surface area (Å²) >= 11 is 6.26. The van der Waals surface area contributed by atoms with Crippen molar-refractivity contribution in [2.75, 3.05) is 39.3 Å². The van der Waals surface area contributed by atoms with Crippen LogP contribution in [0.2, 0.25) is 5.02 Å². The van der Waals surface area contributed by atoms with Gasteiger partial charge in [0, 0.05) is 69.3 Å². The number of alkyl halides is 3. The Balaban J connectivity index is 0.00000330. The first-order valence-electron chi connectivity index (χ1n) is 41.0. The SMILES string of the molecule is CC(=O)N[C@H](Cc1ccc2ccccc2c1)C(=O)N[C@H](Cc1ccc(Cl)cc1)C(=O)N[C@H](Cc1cccnc1)C(=O)N[C@@H](CO)C(=O)N[C@@H](CCCCNC(=O)[C@H]1NC(=O)NCC1=O)C(=O)N[C@H](CCCCNC(=O)[C@@H]1CC(=O)NC(=O)N1)C(=O)N[C@@H](CC(C)C)C(=O)N[C@@H](CCCCNC(C)C)C(=O)N1CCC[C@H]1C(=O)N[C@H](C)C([NH3+])=O.O=C([O-])C(F)(F)F. The third-order valence-corrected chi connectivity index (χ3v) is 20.4. The van der Waals surface area contributed by atoms with Gasteiger partial charge in [-0.15, -0.1) is 0 Å². The van der Waals surface area contributed by atoms with Gasteiger partial charge in [-0.25, -0.2) is 14.4 Å². The number of ketones is 1. The molecule has 3 aliphatic rings. The molecular formula is C82H111ClF3N19O20. The molecular weight excluding hydrogens is 1660 g/mol. The van der Waals surface area contributed by atoms with Gasteiger partial charge in [-0.05, 0) is 142 Å². The quantitative estimate of drug-likeness (QED) is 0.0155. The van der Waals surface area contributed by atoms with Crippen molar-refractivity contribution < 1.29 is 115 Å². The van der Waals surface area contributed by atoms with Crippen molar-refractivity contribution in [1.82, 2.24) is 95.0 Å². The molecule has 3 saturated heterocycles. The van der Waals surface area contributed by atoms with E-state index in [0.717, 1.165) is 10.8 Å². The van der Waals surface area contributed by atoms with E-state index >= 15 is 9.59 Å². The second-order valence-electron chi connectivity index (χ2n) is 31.1. The maximum absolute atomic E-state index is 15.2. The third-order valence-electron chi connectivity index (χ3n) is 20.1. The van der Waals surface area contributed by atoms with E-state index in [4.69, 9.17) is 21.5 Å². The van der Waals surface area contributed by atoms with Crippen LogP contribution in [0.3, 0.4) is 0 Å². The lowest BCUT2D eigenvalue weighted by atomic mass is 9.99. The number of aliphatic carboxylic acids is 1. The summed E-state index contributed by atoms with van der Waals surface area (Å²) in [7, 11) is 0. The molecule has 682 valence electrons. The van der Waals surface area contributed by atoms with Crippen LogP contribution in [0.15, 0.2) is 91.3 Å². The number of benzene rings is 3. The van der Waals surface area contributed by atoms with Crippen molar-refractivity contribution in [3.63, 3.8) is 0 Å². The van der Waals surface area contributed by atoms with Gasteiger partial charge in [0.15, 0.2) is 11.8 Å². The number of urea groups is 2. The standard InChI is InChI=1S/C80H110ClN19O18.C2HF3O2/c1-44(2)35-57(71(109)92-56(22-11-12-31-84-45(3)4)78(116)100-34-16-23-63(100)76(114)88-46(5)67(82)105)93-70(108)55(21-9-13-32-85-68(106)61-40-65(104)98-80(118)97-61)90-69(107)54(20-10-14-33-86-77(115)66-64(103)42-87-79(117)99-66)91-75(113)62(43-101)96-74(112)60(39-50-17-15-30-83-41-50)95-73(111)59(37-48-25-28-53(81)29-26-48)94-72(110)58(89-47(6)102)38-49-24-27-51-18-7-8-19-52(51)36-49;3-2(4,5)1(6)7/h7-8,15,17-19,24-30,36,41,44-46,54-63,66,84,101H,9-14,16,20-23,31-35,37-40,42-43H2,1-6H3,(H2,82,105)(H,85,106)(H,86,115)(H,88,114)(H,89,102)(H,90,107)(H,91,113)(H,92,109)(H,93,108)(H,94,110)(H,95,111)(H,96,112)(H2,87,99,117)(H2,97,98,104,118);(H,6,7)/t46-,54+,55-,56+,57+,58-,59-,60-,61+,62+,63+,66+;/m1./s1. The van der Waals surface area contributed by atoms with Gasteiger partial charge < -0.3 is 99.7 Å². The Morgan fingerprint density at radius 3 is 1.63 bits per heavy atom. The number of halogens is 4. The third kappa shape index (κ3) is 34.7. The molecule has 12 atom stereocenters. The van der Waals surface area contributed by atoms with Gasteiger partial charge in [-0.2, -0.15) is 13.2 Å². The summed E-state index contributed by atoms with van der Waals surface area (Å²) < 4.78 is 31.5. The van der Waals surface area contributed by atoms with Gasteiger partial charge in [0.2, 0.25) is 76.8 Å². The number of carbonyl (C=O) groups excluding carboxylic acids is 18. The lowest BCUT2D eigenvalue weighted by Crippen LogP contribution is -2.66. The number of amides is 18. The van der Waals surface area contributed by atoms with Crippen molar-refractivity contribution in [2.24, 2.45) is 5.92 Å². The molecule has 39 nitrogen and oxygen atoms in total. The molecule has 0 unspecified atom stereocenters. The van der Waals surface area contributed by atoms with E-state index in [1.807, 2.05) is 61.6 Å². The van der Waals surface area contributed by atoms with E-state index in [9.17, 15) is 90.2 Å². The Kier molecular flexibility index (Phi) is 41.0. The fraction of sp³-hybridized carbons (Fsp3) is 0.524. The highest BCUT2D eigenvalue weighted by molar-refractivity contribution is 6.30. The maximum Gasteiger partial charge on any atom is 0.430 e. The molecule has 43 heteroatoms. The van der Waals surface area contributed by atoms with Crippen LogP contribution in [0.5, 0.6) is 0 Å². The number of rotatable bonds is 46. The fourth-order valence-electron chi connectivity index (χ4n) is 13.5. The van der Waals surface area contributed by atoms with Crippen molar-refractivity contribution in [1.29, 1.82) is 0 Å². The van der Waals surface area contributed by atoms with Gasteiger partial charge >= 0.3 is 24.1 Å². The highest BCUT2D eigenvalue weighted by Gasteiger charge is 2.42. The number of Topliss-reactive ketones (excluding diaryl/α,β-unsaturated/α-hetero) is 1. The number of aliphatic hydroxyl groups excluding tert-OH is 1. The molecule has 4 heterocycles. The molecule has 3 aromatic carbocycles. The minimum absolute atomic E-state index is 0.000963. The Morgan fingerprint density at radius 2 is 1.08 bits per heavy atom. The van der Waals surface area contributed by atoms with Crippen molar-refractivity contribution in [3.8, 4) is 0 Å². The first-order chi connectivity index (χ1) is 59.2. The van der Waals surface area contributed by atoms with Gasteiger partial charge in [0.25, 0.3) is 0 Å². The Hall–Kier alpha value is -12.3. The molecule has 0 bridgehead atoms. The summed E-state index contributed by atoms with van der Waals surface area (Å²) in [6.45, 7) is 9.12. The lowest BCUT2D eigenvalue weighted by Gasteiger charge is -2.31. The van der Waals surface area contributed by atoms with Crippen LogP contribution >= 0.6 is 11.6 Å². The average Bonchev–Trinajstić information content (AvgIpc) is 1.81. The number of aliphatic hydroxyl groups is 1. The van der Waals surface area contributed by atoms with Gasteiger partial charge in [-0.1, -0.05) is 100.0 Å². The van der Waals surface area contributed by atoms with Gasteiger partial charge in [-0.3, -0.25) is 83.2 Å². The smallest absolute Gasteiger partial charge is 0.430 e. The largest absolute Gasteiger partial charge is 0.542 e. The van der Waals surface area contributed by atoms with Crippen molar-refractivity contribution in [3.05, 3.63) is 113 Å². The predicted octanol–water partition coefficient (Wildman–Crippen LogP) is -2.99. The van der Waals surface area contributed by atoms with Crippen LogP contribution < -0.4 is 95.9 Å². The topological polar surface area (TPSA) is 587 Å². The molecule has 7 rings (SSSR count). The fourth-order valence-corrected chi connectivity index (χ4v) is 13.7. The highest BCUT2D eigenvalue weighted by atomic mass is 35.5. The number of carboxylic acid groups (broad SMARTS) is 1. The number of quaternary nitrogens is 1. The first-order valence-corrected chi connectivity index (χ1v) is 41.4. The molecule has 0 radical (unpaired) electrons. The van der Waals surface area contributed by atoms with E-state index in [-0.39, 0.29) is 115 Å². The van der Waals surface area contributed by atoms with Crippen LogP contribution in [-0.2, 0) is 96.0 Å². The first kappa shape index (κ1) is 101. The second-order valence-corrected chi connectivity index (χ2v) is 31.6. The van der Waals surface area contributed by atoms with Crippen molar-refractivity contribution >= 4 is 129 Å². The van der Waals surface area contributed by atoms with E-state index in [1.165, 1.54) is 31.1 Å². The second kappa shape index (κ2) is 50.5. The number of nitrogens with one attached hydrogen (secondary N) is 16. The zero-order valence-electron chi connectivity index (χ0n) is 70.1. The summed E-state index contributed by atoms with van der Waals surface area (Å²) in [6.07, 6.45) is -1.78. The maximum atomic E-state index is 15.2. The minimum atomic E-state index is -5.19. The van der Waals surface area contributed by atoms with E-state index in [1.54, 1.807) is 50.2 Å². The number of carboxylic acids is 1. The van der Waals surface area contributed by atoms with Crippen LogP contribution in [-0.4, -0.2) is 246 Å². The molecule has 0 aliphatic carbocycles. The number of imide groups is 1. The number of aromatic nitrogens is 1. The van der Waals surface area contributed by atoms with Crippen molar-refractivity contribution in [2.45, 2.75) is 229 Å². The monoisotopic (exact) mass is 1770 g/mol. The predicted molar refractivity (Wildman–Crippen MR) is 441 cm³/mol. The Labute approximate surface area is 723 Å². The summed E-state index contributed by atoms with van der Waals surface area (Å²) in [6, 6.07) is 4.36. The van der Waals surface area contributed by atoms with E-state index in [2.05, 4.69) is 90.5 Å². The van der Waals surface area contributed by atoms with E-state index in [0.29, 0.717) is 47.5 Å². The molecule has 0 spiro atoms. The van der Waals surface area contributed by atoms with Gasteiger partial charge in [0.05, 0.1) is 19.6 Å². The highest BCUT2D eigenvalue weighted by Crippen LogP contribution is 2.23. The lowest BCUT2D eigenvalue weighted by molar-refractivity contribution is -0.344. The minimum Gasteiger partial charge on any atom is -0.542 e. The molecule has 125 heavy (non-hydrogen) atoms. The number of unbranched alkanes of at least 4 members (excludes halogenated alkanes) is 3. The molecule has 0 saturated carbocycles. The molecule has 20 N–H and O–H groups in total. The molecule has 1 aromatic heterocycles. The number of likely N-dealkylation sites (tertiary alicyclic amines) is 1. The summed E-state index contributed by atoms with van der Waals surface area (Å²) in [5.74, 6) is -15.2. The molecule has 3 aliphatic heterocycles. The van der Waals surface area contributed by atoms with Crippen LogP contribution in [0.4, 0.5) is 22.8 Å². The number of hydrogen-bond donors (Lipinski definition) is 18. The summed E-state index contributed by atoms with van der Waals surface area (Å²) in [4.78, 5) is 247. The molecule has 18 amide bonds. The molecule has 3 fully saturated rings. The Bertz CT molecular complexity index is 4460. The zero-order chi connectivity index (χ0) is 92.2. The molecule has 4 aromatic rings. The number of hydrogen-bond acceptors (Lipinski definition) is 22. The summed E-state index contributed by atoms with van der Waals surface area (Å²) in [5, 5.41) is 63.6. The Morgan fingerprint density at radius 1 is 0.576 bits per heavy atom. The average molecular weight is 1780 g/mol. The van der Waals surface area contributed by atoms with Gasteiger partial charge in [0.1, 0.15) is 72.4 Å². The number of fused-ring (bicyclic) bond motifs is 1. The zero-order valence-corrected chi connectivity index (χ0v) is 70.9.